The molecule has 0 aliphatic rings. The maximum Gasteiger partial charge on any atom is 0.313 e. The summed E-state index contributed by atoms with van der Waals surface area (Å²) >= 11 is 4.63. The number of aromatic nitrogens is 3. The van der Waals surface area contributed by atoms with Crippen LogP contribution in [0.25, 0.3) is 0 Å². The van der Waals surface area contributed by atoms with Crippen LogP contribution < -0.4 is 4.74 Å². The molecule has 0 radical (unpaired) electrons. The lowest BCUT2D eigenvalue weighted by Gasteiger charge is -2.23. The van der Waals surface area contributed by atoms with Crippen molar-refractivity contribution in [3.63, 3.8) is 0 Å². The molecule has 2 aromatic rings. The van der Waals surface area contributed by atoms with Gasteiger partial charge in [0.1, 0.15) is 12.4 Å². The lowest BCUT2D eigenvalue weighted by molar-refractivity contribution is -0.133. The van der Waals surface area contributed by atoms with Crippen molar-refractivity contribution in [2.75, 3.05) is 5.75 Å². The summed E-state index contributed by atoms with van der Waals surface area (Å²) in [5.41, 5.74) is 1.04. The number of carbonyl (C=O) groups is 1. The van der Waals surface area contributed by atoms with E-state index >= 15 is 0 Å². The summed E-state index contributed by atoms with van der Waals surface area (Å²) in [6.45, 7) is 6.65. The molecule has 0 aliphatic carbocycles. The maximum absolute atomic E-state index is 10.7. The third-order valence-corrected chi connectivity index (χ3v) is 4.85. The Labute approximate surface area is 153 Å². The van der Waals surface area contributed by atoms with Gasteiger partial charge in [0.25, 0.3) is 0 Å². The molecular formula is C16H20BrN3O3S. The molecular weight excluding hydrogens is 394 g/mol. The smallest absolute Gasteiger partial charge is 0.313 e. The molecule has 1 aromatic carbocycles. The number of ether oxygens (including phenoxy) is 1. The zero-order valence-electron chi connectivity index (χ0n) is 14.0. The quantitative estimate of drug-likeness (QED) is 0.728. The molecule has 8 heteroatoms. The molecule has 0 unspecified atom stereocenters. The average Bonchev–Trinajstić information content (AvgIpc) is 2.83. The van der Waals surface area contributed by atoms with Crippen molar-refractivity contribution in [1.29, 1.82) is 0 Å². The zero-order valence-corrected chi connectivity index (χ0v) is 16.4. The van der Waals surface area contributed by atoms with Crippen LogP contribution in [0.1, 0.15) is 32.2 Å². The number of carboxylic acids is 1. The third-order valence-electron chi connectivity index (χ3n) is 3.36. The van der Waals surface area contributed by atoms with Crippen LogP contribution in [0.5, 0.6) is 5.75 Å². The standard InChI is InChI=1S/C16H20BrN3O3S/c1-16(2,3)11-7-10(17)5-6-12(11)23-8-13-18-19-15(20(13)4)24-9-14(21)22/h5-7H,8-9H2,1-4H3,(H,21,22). The van der Waals surface area contributed by atoms with E-state index < -0.39 is 5.97 Å². The fourth-order valence-electron chi connectivity index (χ4n) is 2.08. The Morgan fingerprint density at radius 2 is 2.08 bits per heavy atom. The lowest BCUT2D eigenvalue weighted by atomic mass is 9.86. The number of hydrogen-bond acceptors (Lipinski definition) is 5. The SMILES string of the molecule is Cn1c(COc2ccc(Br)cc2C(C)(C)C)nnc1SCC(=O)O. The number of aliphatic carboxylic acids is 1. The fourth-order valence-corrected chi connectivity index (χ4v) is 3.09. The minimum absolute atomic E-state index is 0.0479. The van der Waals surface area contributed by atoms with Crippen LogP contribution in [0.15, 0.2) is 27.8 Å². The minimum atomic E-state index is -0.884. The Balaban J connectivity index is 2.13. The van der Waals surface area contributed by atoms with Crippen molar-refractivity contribution in [2.45, 2.75) is 37.9 Å². The molecule has 0 fully saturated rings. The van der Waals surface area contributed by atoms with Crippen LogP contribution in [0.4, 0.5) is 0 Å². The van der Waals surface area contributed by atoms with Crippen molar-refractivity contribution in [3.8, 4) is 5.75 Å². The summed E-state index contributed by atoms with van der Waals surface area (Å²) < 4.78 is 8.71. The van der Waals surface area contributed by atoms with E-state index in [1.807, 2.05) is 12.1 Å². The predicted octanol–water partition coefficient (Wildman–Crippen LogP) is 3.63. The van der Waals surface area contributed by atoms with Gasteiger partial charge < -0.3 is 14.4 Å². The van der Waals surface area contributed by atoms with Crippen LogP contribution in [0.3, 0.4) is 0 Å². The minimum Gasteiger partial charge on any atom is -0.485 e. The summed E-state index contributed by atoms with van der Waals surface area (Å²) in [7, 11) is 1.80. The number of benzene rings is 1. The molecule has 0 saturated heterocycles. The first-order chi connectivity index (χ1) is 11.2. The molecule has 0 spiro atoms. The second kappa shape index (κ2) is 7.57. The molecule has 1 N–H and O–H groups in total. The molecule has 6 nitrogen and oxygen atoms in total. The highest BCUT2D eigenvalue weighted by Crippen LogP contribution is 2.34. The van der Waals surface area contributed by atoms with Crippen molar-refractivity contribution in [1.82, 2.24) is 14.8 Å². The van der Waals surface area contributed by atoms with E-state index in [4.69, 9.17) is 9.84 Å². The highest BCUT2D eigenvalue weighted by atomic mass is 79.9. The summed E-state index contributed by atoms with van der Waals surface area (Å²) in [6.07, 6.45) is 0. The van der Waals surface area contributed by atoms with Gasteiger partial charge in [-0.05, 0) is 23.6 Å². The highest BCUT2D eigenvalue weighted by molar-refractivity contribution is 9.10. The topological polar surface area (TPSA) is 77.2 Å². The Bertz CT molecular complexity index is 741. The van der Waals surface area contributed by atoms with E-state index in [1.54, 1.807) is 11.6 Å². The summed E-state index contributed by atoms with van der Waals surface area (Å²) in [5, 5.41) is 17.4. The van der Waals surface area contributed by atoms with E-state index in [0.29, 0.717) is 11.0 Å². The van der Waals surface area contributed by atoms with Gasteiger partial charge in [-0.1, -0.05) is 48.5 Å². The van der Waals surface area contributed by atoms with Crippen LogP contribution >= 0.6 is 27.7 Å². The van der Waals surface area contributed by atoms with Gasteiger partial charge in [0.05, 0.1) is 5.75 Å². The summed E-state index contributed by atoms with van der Waals surface area (Å²) in [4.78, 5) is 10.7. The zero-order chi connectivity index (χ0) is 17.9. The van der Waals surface area contributed by atoms with Crippen molar-refractivity contribution >= 4 is 33.7 Å². The molecule has 1 heterocycles. The van der Waals surface area contributed by atoms with E-state index in [9.17, 15) is 4.79 Å². The predicted molar refractivity (Wildman–Crippen MR) is 96.5 cm³/mol. The summed E-state index contributed by atoms with van der Waals surface area (Å²) in [5.74, 6) is 0.512. The van der Waals surface area contributed by atoms with Gasteiger partial charge in [-0.3, -0.25) is 4.79 Å². The van der Waals surface area contributed by atoms with Crippen LogP contribution in [-0.2, 0) is 23.9 Å². The van der Waals surface area contributed by atoms with E-state index in [-0.39, 0.29) is 17.8 Å². The van der Waals surface area contributed by atoms with Gasteiger partial charge in [0.15, 0.2) is 11.0 Å². The van der Waals surface area contributed by atoms with Crippen LogP contribution in [-0.4, -0.2) is 31.6 Å². The molecule has 0 aliphatic heterocycles. The largest absolute Gasteiger partial charge is 0.485 e. The number of halogens is 1. The van der Waals surface area contributed by atoms with Gasteiger partial charge in [-0.15, -0.1) is 10.2 Å². The normalized spacial score (nSPS) is 11.5. The first kappa shape index (κ1) is 18.8. The van der Waals surface area contributed by atoms with Crippen LogP contribution in [0, 0.1) is 0 Å². The van der Waals surface area contributed by atoms with Gasteiger partial charge in [-0.2, -0.15) is 0 Å². The lowest BCUT2D eigenvalue weighted by Crippen LogP contribution is -2.14. The Hall–Kier alpha value is -1.54. The summed E-state index contributed by atoms with van der Waals surface area (Å²) in [6, 6.07) is 5.93. The second-order valence-corrected chi connectivity index (χ2v) is 8.18. The molecule has 2 rings (SSSR count). The average molecular weight is 414 g/mol. The van der Waals surface area contributed by atoms with E-state index in [0.717, 1.165) is 27.5 Å². The molecule has 130 valence electrons. The molecule has 1 aromatic heterocycles. The fraction of sp³-hybridized carbons (Fsp3) is 0.438. The highest BCUT2D eigenvalue weighted by Gasteiger charge is 2.20. The first-order valence-electron chi connectivity index (χ1n) is 7.34. The maximum atomic E-state index is 10.7. The van der Waals surface area contributed by atoms with Crippen molar-refractivity contribution < 1.29 is 14.6 Å². The molecule has 24 heavy (non-hydrogen) atoms. The van der Waals surface area contributed by atoms with E-state index in [1.165, 1.54) is 0 Å². The monoisotopic (exact) mass is 413 g/mol. The Kier molecular flexibility index (Phi) is 5.92. The van der Waals surface area contributed by atoms with E-state index in [2.05, 4.69) is 53.0 Å². The molecule has 0 saturated carbocycles. The number of nitrogens with zero attached hydrogens (tertiary/aromatic N) is 3. The van der Waals surface area contributed by atoms with Gasteiger partial charge in [0.2, 0.25) is 0 Å². The molecule has 0 amide bonds. The Morgan fingerprint density at radius 3 is 2.71 bits per heavy atom. The first-order valence-corrected chi connectivity index (χ1v) is 9.12. The molecule has 0 atom stereocenters. The van der Waals surface area contributed by atoms with Gasteiger partial charge in [-0.25, -0.2) is 0 Å². The number of rotatable bonds is 6. The number of hydrogen-bond donors (Lipinski definition) is 1. The van der Waals surface area contributed by atoms with Crippen molar-refractivity contribution in [3.05, 3.63) is 34.1 Å². The number of carboxylic acid groups (broad SMARTS) is 1. The van der Waals surface area contributed by atoms with Gasteiger partial charge in [0, 0.05) is 17.1 Å². The van der Waals surface area contributed by atoms with Crippen molar-refractivity contribution in [2.24, 2.45) is 7.05 Å². The number of thioether (sulfide) groups is 1. The third kappa shape index (κ3) is 4.73. The van der Waals surface area contributed by atoms with Gasteiger partial charge >= 0.3 is 5.97 Å². The molecule has 0 bridgehead atoms. The van der Waals surface area contributed by atoms with Crippen LogP contribution in [0.2, 0.25) is 0 Å². The Morgan fingerprint density at radius 1 is 1.38 bits per heavy atom. The second-order valence-electron chi connectivity index (χ2n) is 6.32.